The monoisotopic (exact) mass is 443 g/mol. The molecule has 0 radical (unpaired) electrons. The number of hydrogen-bond donors (Lipinski definition) is 1. The minimum absolute atomic E-state index is 0.00291. The van der Waals surface area contributed by atoms with Crippen LogP contribution in [0.1, 0.15) is 52.4 Å². The van der Waals surface area contributed by atoms with Crippen molar-refractivity contribution in [2.75, 3.05) is 19.7 Å². The Labute approximate surface area is 194 Å². The first-order valence-corrected chi connectivity index (χ1v) is 11.4. The van der Waals surface area contributed by atoms with E-state index in [0.29, 0.717) is 19.6 Å². The number of Topliss-reactive ketones (excluding diaryl/α,β-unsaturated/α-hetero) is 1. The highest BCUT2D eigenvalue weighted by Gasteiger charge is 2.33. The molecule has 1 heterocycles. The summed E-state index contributed by atoms with van der Waals surface area (Å²) in [5, 5.41) is 9.13. The number of carboxylic acids is 1. The third-order valence-corrected chi connectivity index (χ3v) is 6.31. The molecule has 3 aromatic carbocycles. The van der Waals surface area contributed by atoms with Crippen LogP contribution in [0.4, 0.5) is 0 Å². The maximum atomic E-state index is 13.6. The molecule has 1 aliphatic rings. The molecule has 5 heteroatoms. The molecule has 0 fully saturated rings. The van der Waals surface area contributed by atoms with Crippen LogP contribution in [-0.4, -0.2) is 41.5 Å². The summed E-state index contributed by atoms with van der Waals surface area (Å²) in [6, 6.07) is 24.4. The zero-order chi connectivity index (χ0) is 23.2. The summed E-state index contributed by atoms with van der Waals surface area (Å²) in [6.45, 7) is 4.02. The van der Waals surface area contributed by atoms with E-state index < -0.39 is 5.97 Å². The van der Waals surface area contributed by atoms with Crippen LogP contribution in [0.25, 0.3) is 0 Å². The number of carboxylic acid groups (broad SMARTS) is 1. The second-order valence-corrected chi connectivity index (χ2v) is 8.55. The first-order valence-electron chi connectivity index (χ1n) is 11.4. The second-order valence-electron chi connectivity index (χ2n) is 8.55. The highest BCUT2D eigenvalue weighted by molar-refractivity contribution is 5.88. The Morgan fingerprint density at radius 2 is 1.70 bits per heavy atom. The van der Waals surface area contributed by atoms with E-state index in [-0.39, 0.29) is 23.3 Å². The molecule has 0 amide bonds. The molecule has 2 atom stereocenters. The summed E-state index contributed by atoms with van der Waals surface area (Å²) in [7, 11) is 0. The molecule has 1 N–H and O–H groups in total. The first-order chi connectivity index (χ1) is 16.0. The van der Waals surface area contributed by atoms with Gasteiger partial charge in [0.1, 0.15) is 12.4 Å². The molecule has 0 bridgehead atoms. The van der Waals surface area contributed by atoms with Crippen LogP contribution in [0.15, 0.2) is 78.9 Å². The summed E-state index contributed by atoms with van der Waals surface area (Å²) in [5.41, 5.74) is 3.54. The van der Waals surface area contributed by atoms with Crippen LogP contribution in [-0.2, 0) is 11.2 Å². The Balaban J connectivity index is 1.48. The van der Waals surface area contributed by atoms with Crippen LogP contribution in [0.5, 0.6) is 5.75 Å². The van der Waals surface area contributed by atoms with Gasteiger partial charge in [0.25, 0.3) is 0 Å². The van der Waals surface area contributed by atoms with Gasteiger partial charge < -0.3 is 9.84 Å². The quantitative estimate of drug-likeness (QED) is 0.497. The van der Waals surface area contributed by atoms with Gasteiger partial charge in [-0.05, 0) is 53.3 Å². The van der Waals surface area contributed by atoms with E-state index in [1.165, 1.54) is 5.56 Å². The van der Waals surface area contributed by atoms with Gasteiger partial charge in [0.15, 0.2) is 5.78 Å². The number of fused-ring (bicyclic) bond motifs is 1. The molecular formula is C28H29NO4. The lowest BCUT2D eigenvalue weighted by molar-refractivity contribution is -0.125. The van der Waals surface area contributed by atoms with E-state index in [1.807, 2.05) is 61.5 Å². The van der Waals surface area contributed by atoms with E-state index in [4.69, 9.17) is 9.84 Å². The van der Waals surface area contributed by atoms with Gasteiger partial charge in [-0.2, -0.15) is 0 Å². The smallest absolute Gasteiger partial charge is 0.335 e. The number of aromatic carboxylic acids is 1. The van der Waals surface area contributed by atoms with Gasteiger partial charge in [-0.3, -0.25) is 9.69 Å². The van der Waals surface area contributed by atoms with Crippen molar-refractivity contribution in [1.82, 2.24) is 4.90 Å². The number of benzene rings is 3. The number of ketones is 1. The first kappa shape index (κ1) is 22.7. The van der Waals surface area contributed by atoms with Gasteiger partial charge in [-0.15, -0.1) is 0 Å². The average molecular weight is 444 g/mol. The van der Waals surface area contributed by atoms with Gasteiger partial charge in [0.05, 0.1) is 11.6 Å². The molecule has 0 saturated carbocycles. The molecule has 170 valence electrons. The fourth-order valence-corrected chi connectivity index (χ4v) is 4.52. The lowest BCUT2D eigenvalue weighted by atomic mass is 9.85. The van der Waals surface area contributed by atoms with Gasteiger partial charge >= 0.3 is 5.97 Å². The largest absolute Gasteiger partial charge is 0.492 e. The van der Waals surface area contributed by atoms with Crippen molar-refractivity contribution in [3.63, 3.8) is 0 Å². The molecule has 4 rings (SSSR count). The highest BCUT2D eigenvalue weighted by Crippen LogP contribution is 2.33. The summed E-state index contributed by atoms with van der Waals surface area (Å²) in [6.07, 6.45) is 1.30. The Kier molecular flexibility index (Phi) is 7.20. The topological polar surface area (TPSA) is 66.8 Å². The van der Waals surface area contributed by atoms with E-state index in [2.05, 4.69) is 17.0 Å². The van der Waals surface area contributed by atoms with E-state index in [1.54, 1.807) is 12.1 Å². The van der Waals surface area contributed by atoms with Crippen molar-refractivity contribution in [3.05, 3.63) is 101 Å². The number of nitrogens with zero attached hydrogens (tertiary/aromatic N) is 1. The third kappa shape index (κ3) is 5.49. The molecule has 3 aromatic rings. The highest BCUT2D eigenvalue weighted by atomic mass is 16.5. The summed E-state index contributed by atoms with van der Waals surface area (Å²) in [5.74, 6) is 0.0576. The van der Waals surface area contributed by atoms with Gasteiger partial charge in [-0.25, -0.2) is 4.79 Å². The van der Waals surface area contributed by atoms with Crippen LogP contribution < -0.4 is 4.74 Å². The number of ether oxygens (including phenoxy) is 1. The molecule has 0 saturated heterocycles. The Morgan fingerprint density at radius 3 is 2.42 bits per heavy atom. The predicted molar refractivity (Wildman–Crippen MR) is 128 cm³/mol. The zero-order valence-electron chi connectivity index (χ0n) is 18.8. The molecule has 0 aliphatic carbocycles. The standard InChI is InChI=1S/C28H29NO4/c1-20(21-11-13-23(14-12-21)28(31)32)19-26(30)27-25-10-6-5-7-22(25)15-16-29(27)17-18-33-24-8-3-2-4-9-24/h2-14,20,27H,15-19H2,1H3,(H,31,32)/t20-,27-/m1/s1. The van der Waals surface area contributed by atoms with E-state index in [9.17, 15) is 9.59 Å². The van der Waals surface area contributed by atoms with E-state index in [0.717, 1.165) is 29.8 Å². The van der Waals surface area contributed by atoms with Crippen molar-refractivity contribution in [3.8, 4) is 5.75 Å². The number of para-hydroxylation sites is 1. The summed E-state index contributed by atoms with van der Waals surface area (Å²) < 4.78 is 5.90. The van der Waals surface area contributed by atoms with Crippen LogP contribution >= 0.6 is 0 Å². The minimum atomic E-state index is -0.947. The van der Waals surface area contributed by atoms with Crippen molar-refractivity contribution in [1.29, 1.82) is 0 Å². The van der Waals surface area contributed by atoms with Gasteiger partial charge in [0, 0.05) is 19.5 Å². The zero-order valence-corrected chi connectivity index (χ0v) is 18.8. The molecule has 0 spiro atoms. The van der Waals surface area contributed by atoms with Gasteiger partial charge in [0.2, 0.25) is 0 Å². The minimum Gasteiger partial charge on any atom is -0.492 e. The number of carbonyl (C=O) groups is 2. The Hall–Kier alpha value is -3.44. The molecule has 0 unspecified atom stereocenters. The lowest BCUT2D eigenvalue weighted by Gasteiger charge is -2.36. The normalized spacial score (nSPS) is 16.6. The van der Waals surface area contributed by atoms with Crippen LogP contribution in [0.2, 0.25) is 0 Å². The number of rotatable bonds is 9. The molecular weight excluding hydrogens is 414 g/mol. The number of hydrogen-bond acceptors (Lipinski definition) is 4. The summed E-state index contributed by atoms with van der Waals surface area (Å²) in [4.78, 5) is 26.9. The van der Waals surface area contributed by atoms with Crippen LogP contribution in [0.3, 0.4) is 0 Å². The third-order valence-electron chi connectivity index (χ3n) is 6.31. The van der Waals surface area contributed by atoms with Crippen LogP contribution in [0, 0.1) is 0 Å². The Morgan fingerprint density at radius 1 is 1.00 bits per heavy atom. The fraction of sp³-hybridized carbons (Fsp3) is 0.286. The van der Waals surface area contributed by atoms with Crippen molar-refractivity contribution in [2.45, 2.75) is 31.7 Å². The molecule has 33 heavy (non-hydrogen) atoms. The average Bonchev–Trinajstić information content (AvgIpc) is 2.84. The van der Waals surface area contributed by atoms with E-state index >= 15 is 0 Å². The number of carbonyl (C=O) groups excluding carboxylic acids is 1. The van der Waals surface area contributed by atoms with Crippen molar-refractivity contribution < 1.29 is 19.4 Å². The SMILES string of the molecule is C[C@H](CC(=O)[C@H]1c2ccccc2CCN1CCOc1ccccc1)c1ccc(C(=O)O)cc1. The van der Waals surface area contributed by atoms with Gasteiger partial charge in [-0.1, -0.05) is 61.5 Å². The van der Waals surface area contributed by atoms with Crippen molar-refractivity contribution >= 4 is 11.8 Å². The maximum absolute atomic E-state index is 13.6. The second kappa shape index (κ2) is 10.5. The maximum Gasteiger partial charge on any atom is 0.335 e. The Bertz CT molecular complexity index is 1090. The fourth-order valence-electron chi connectivity index (χ4n) is 4.52. The molecule has 1 aliphatic heterocycles. The predicted octanol–water partition coefficient (Wildman–Crippen LogP) is 5.13. The molecule has 0 aromatic heterocycles. The van der Waals surface area contributed by atoms with Crippen molar-refractivity contribution in [2.24, 2.45) is 0 Å². The lowest BCUT2D eigenvalue weighted by Crippen LogP contribution is -2.42. The molecule has 5 nitrogen and oxygen atoms in total. The summed E-state index contributed by atoms with van der Waals surface area (Å²) >= 11 is 0.